The van der Waals surface area contributed by atoms with Crippen LogP contribution in [0.1, 0.15) is 97.8 Å². The van der Waals surface area contributed by atoms with Gasteiger partial charge in [-0.05, 0) is 75.1 Å². The third kappa shape index (κ3) is 8.07. The summed E-state index contributed by atoms with van der Waals surface area (Å²) in [7, 11) is 8.43. The molecule has 2 fully saturated rings. The molecule has 0 saturated carbocycles. The third-order valence-corrected chi connectivity index (χ3v) is 6.98. The predicted octanol–water partition coefficient (Wildman–Crippen LogP) is 5.54. The van der Waals surface area contributed by atoms with Crippen molar-refractivity contribution in [2.45, 2.75) is 77.3 Å². The third-order valence-electron chi connectivity index (χ3n) is 6.98. The molecule has 0 spiro atoms. The maximum Gasteiger partial charge on any atom is 0.0550 e. The van der Waals surface area contributed by atoms with Gasteiger partial charge < -0.3 is 19.3 Å². The van der Waals surface area contributed by atoms with Gasteiger partial charge in [-0.25, -0.2) is 0 Å². The van der Waals surface area contributed by atoms with Crippen LogP contribution in [-0.2, 0) is 22.6 Å². The van der Waals surface area contributed by atoms with Gasteiger partial charge in [0, 0.05) is 50.5 Å². The van der Waals surface area contributed by atoms with E-state index in [-0.39, 0.29) is 0 Å². The topological polar surface area (TPSA) is 50.7 Å². The minimum absolute atomic E-state index is 0.487. The Morgan fingerprint density at radius 3 is 1.39 bits per heavy atom. The van der Waals surface area contributed by atoms with Gasteiger partial charge >= 0.3 is 0 Å². The summed E-state index contributed by atoms with van der Waals surface area (Å²) < 4.78 is 11.0. The molecule has 6 heteroatoms. The summed E-state index contributed by atoms with van der Waals surface area (Å²) in [5.41, 5.74) is 7.86. The Bertz CT molecular complexity index is 868. The molecular formula is C30H48N4O2. The van der Waals surface area contributed by atoms with E-state index in [1.165, 1.54) is 33.6 Å². The number of pyridine rings is 2. The number of hydrogen-bond acceptors (Lipinski definition) is 6. The number of hydrogen-bond donors (Lipinski definition) is 0. The molecule has 0 N–H and O–H groups in total. The minimum atomic E-state index is 0.487. The highest BCUT2D eigenvalue weighted by atomic mass is 16.5. The molecule has 200 valence electrons. The Morgan fingerprint density at radius 1 is 0.722 bits per heavy atom. The molecule has 0 radical (unpaired) electrons. The second-order valence-electron chi connectivity index (χ2n) is 11.5. The van der Waals surface area contributed by atoms with E-state index in [0.717, 1.165) is 52.4 Å². The Morgan fingerprint density at radius 2 is 1.11 bits per heavy atom. The van der Waals surface area contributed by atoms with Crippen LogP contribution in [0.4, 0.5) is 0 Å². The smallest absolute Gasteiger partial charge is 0.0550 e. The van der Waals surface area contributed by atoms with Gasteiger partial charge in [0.25, 0.3) is 0 Å². The average molecular weight is 497 g/mol. The van der Waals surface area contributed by atoms with Gasteiger partial charge in [0.2, 0.25) is 0 Å². The van der Waals surface area contributed by atoms with Crippen molar-refractivity contribution in [2.75, 3.05) is 54.6 Å². The van der Waals surface area contributed by atoms with Crippen molar-refractivity contribution in [3.8, 4) is 0 Å². The fourth-order valence-corrected chi connectivity index (χ4v) is 4.88. The molecule has 0 aromatic carbocycles. The number of aromatic nitrogens is 2. The highest BCUT2D eigenvalue weighted by molar-refractivity contribution is 5.31. The van der Waals surface area contributed by atoms with Crippen molar-refractivity contribution < 1.29 is 9.47 Å². The lowest BCUT2D eigenvalue weighted by atomic mass is 9.95. The van der Waals surface area contributed by atoms with Crippen molar-refractivity contribution >= 4 is 0 Å². The molecule has 2 saturated heterocycles. The zero-order valence-electron chi connectivity index (χ0n) is 23.9. The zero-order valence-corrected chi connectivity index (χ0v) is 23.9. The van der Waals surface area contributed by atoms with E-state index in [4.69, 9.17) is 19.4 Å². The van der Waals surface area contributed by atoms with Crippen LogP contribution in [-0.4, -0.2) is 74.4 Å². The summed E-state index contributed by atoms with van der Waals surface area (Å²) in [5, 5.41) is 0. The first-order valence-electron chi connectivity index (χ1n) is 13.6. The summed E-state index contributed by atoms with van der Waals surface area (Å²) in [6, 6.07) is 4.65. The molecule has 2 aromatic rings. The van der Waals surface area contributed by atoms with Crippen molar-refractivity contribution in [2.24, 2.45) is 0 Å². The summed E-state index contributed by atoms with van der Waals surface area (Å²) in [6.07, 6.45) is 6.29. The van der Waals surface area contributed by atoms with Gasteiger partial charge in [-0.3, -0.25) is 9.97 Å². The average Bonchev–Trinajstić information content (AvgIpc) is 3.53. The second-order valence-corrected chi connectivity index (χ2v) is 11.5. The first-order valence-corrected chi connectivity index (χ1v) is 13.6. The molecular weight excluding hydrogens is 448 g/mol. The van der Waals surface area contributed by atoms with E-state index >= 15 is 0 Å². The normalized spacial score (nSPS) is 20.0. The Labute approximate surface area is 219 Å². The zero-order chi connectivity index (χ0) is 26.2. The summed E-state index contributed by atoms with van der Waals surface area (Å²) in [6.45, 7) is 14.2. The molecule has 4 heterocycles. The molecule has 6 nitrogen and oxygen atoms in total. The fraction of sp³-hybridized carbons (Fsp3) is 0.667. The standard InChI is InChI=1S/2C15H24N2O/c2*1-11(2)13-7-14(9-17(3)4)15(16-8-13)12-5-6-18-10-12/h2*7-8,11-12H,5-6,9-10H2,1-4H3/t2*12-/m00/s1. The molecule has 2 aliphatic heterocycles. The van der Waals surface area contributed by atoms with Crippen LogP contribution in [0.15, 0.2) is 24.5 Å². The molecule has 2 aliphatic rings. The lowest BCUT2D eigenvalue weighted by Crippen LogP contribution is -2.15. The molecule has 0 amide bonds. The van der Waals surface area contributed by atoms with Crippen LogP contribution in [0, 0.1) is 0 Å². The first-order chi connectivity index (χ1) is 17.2. The van der Waals surface area contributed by atoms with E-state index in [0.29, 0.717) is 23.7 Å². The highest BCUT2D eigenvalue weighted by Gasteiger charge is 2.24. The monoisotopic (exact) mass is 496 g/mol. The van der Waals surface area contributed by atoms with Crippen LogP contribution < -0.4 is 0 Å². The van der Waals surface area contributed by atoms with E-state index in [2.05, 4.69) is 77.8 Å². The van der Waals surface area contributed by atoms with Gasteiger partial charge in [-0.1, -0.05) is 39.8 Å². The lowest BCUT2D eigenvalue weighted by molar-refractivity contribution is 0.193. The van der Waals surface area contributed by atoms with Gasteiger partial charge in [0.15, 0.2) is 0 Å². The van der Waals surface area contributed by atoms with Crippen molar-refractivity contribution in [3.63, 3.8) is 0 Å². The molecule has 2 aromatic heterocycles. The van der Waals surface area contributed by atoms with Crippen molar-refractivity contribution in [3.05, 3.63) is 58.2 Å². The first kappa shape index (κ1) is 28.7. The maximum atomic E-state index is 5.50. The minimum Gasteiger partial charge on any atom is -0.381 e. The van der Waals surface area contributed by atoms with E-state index in [9.17, 15) is 0 Å². The number of ether oxygens (including phenoxy) is 2. The second kappa shape index (κ2) is 13.6. The fourth-order valence-electron chi connectivity index (χ4n) is 4.88. The summed E-state index contributed by atoms with van der Waals surface area (Å²) in [4.78, 5) is 13.9. The summed E-state index contributed by atoms with van der Waals surface area (Å²) in [5.74, 6) is 2.04. The molecule has 36 heavy (non-hydrogen) atoms. The van der Waals surface area contributed by atoms with Crippen LogP contribution in [0.3, 0.4) is 0 Å². The van der Waals surface area contributed by atoms with Gasteiger partial charge in [0.1, 0.15) is 0 Å². The van der Waals surface area contributed by atoms with E-state index in [1.54, 1.807) is 0 Å². The number of nitrogens with zero attached hydrogens (tertiary/aromatic N) is 4. The van der Waals surface area contributed by atoms with E-state index < -0.39 is 0 Å². The molecule has 2 atom stereocenters. The molecule has 4 rings (SSSR count). The Kier molecular flexibility index (Phi) is 10.9. The van der Waals surface area contributed by atoms with Gasteiger partial charge in [-0.15, -0.1) is 0 Å². The molecule has 0 bridgehead atoms. The largest absolute Gasteiger partial charge is 0.381 e. The molecule has 0 unspecified atom stereocenters. The Balaban J connectivity index is 0.000000201. The van der Waals surface area contributed by atoms with Crippen LogP contribution >= 0.6 is 0 Å². The van der Waals surface area contributed by atoms with Crippen molar-refractivity contribution in [1.82, 2.24) is 19.8 Å². The van der Waals surface area contributed by atoms with Gasteiger partial charge in [0.05, 0.1) is 24.6 Å². The van der Waals surface area contributed by atoms with E-state index in [1.807, 2.05) is 12.4 Å². The van der Waals surface area contributed by atoms with Crippen LogP contribution in [0.25, 0.3) is 0 Å². The highest BCUT2D eigenvalue weighted by Crippen LogP contribution is 2.30. The SMILES string of the molecule is CC(C)c1cnc([C@H]2CCOC2)c(CN(C)C)c1.CC(C)c1cnc([C@H]2CCOC2)c(CN(C)C)c1. The lowest BCUT2D eigenvalue weighted by Gasteiger charge is -2.18. The Hall–Kier alpha value is -1.86. The van der Waals surface area contributed by atoms with Crippen LogP contribution in [0.5, 0.6) is 0 Å². The predicted molar refractivity (Wildman–Crippen MR) is 148 cm³/mol. The van der Waals surface area contributed by atoms with Crippen molar-refractivity contribution in [1.29, 1.82) is 0 Å². The summed E-state index contributed by atoms with van der Waals surface area (Å²) >= 11 is 0. The maximum absolute atomic E-state index is 5.50. The van der Waals surface area contributed by atoms with Crippen LogP contribution in [0.2, 0.25) is 0 Å². The molecule has 0 aliphatic carbocycles. The number of rotatable bonds is 8. The van der Waals surface area contributed by atoms with Gasteiger partial charge in [-0.2, -0.15) is 0 Å². The quantitative estimate of drug-likeness (QED) is 0.478.